The van der Waals surface area contributed by atoms with Gasteiger partial charge in [-0.05, 0) is 48.5 Å². The topological polar surface area (TPSA) is 33.3 Å². The van der Waals surface area contributed by atoms with Crippen molar-refractivity contribution >= 4 is 46.3 Å². The normalized spacial score (nSPS) is 12.4. The van der Waals surface area contributed by atoms with E-state index in [2.05, 4.69) is 83.4 Å². The fraction of sp³-hybridized carbons (Fsp3) is 0.0400. The minimum atomic E-state index is 0.881. The highest BCUT2D eigenvalue weighted by Crippen LogP contribution is 2.45. The SMILES string of the molecule is COc1ccc2c(c1)Nc1ccccc1S2.c1ccc2c(c1)Nc1ccccc1S2. The van der Waals surface area contributed by atoms with Gasteiger partial charge in [0.1, 0.15) is 5.75 Å². The van der Waals surface area contributed by atoms with Crippen LogP contribution < -0.4 is 15.4 Å². The van der Waals surface area contributed by atoms with Crippen LogP contribution in [0.25, 0.3) is 0 Å². The number of ether oxygens (including phenoxy) is 1. The first kappa shape index (κ1) is 19.0. The number of hydrogen-bond donors (Lipinski definition) is 2. The molecule has 5 heteroatoms. The molecule has 0 atom stereocenters. The van der Waals surface area contributed by atoms with Gasteiger partial charge in [0.25, 0.3) is 0 Å². The molecule has 0 saturated carbocycles. The van der Waals surface area contributed by atoms with E-state index in [9.17, 15) is 0 Å². The zero-order valence-corrected chi connectivity index (χ0v) is 18.0. The van der Waals surface area contributed by atoms with E-state index in [1.54, 1.807) is 18.9 Å². The summed E-state index contributed by atoms with van der Waals surface area (Å²) in [5.41, 5.74) is 4.68. The average molecular weight is 429 g/mol. The molecule has 0 amide bonds. The van der Waals surface area contributed by atoms with Crippen LogP contribution in [0.3, 0.4) is 0 Å². The number of benzene rings is 4. The molecule has 0 aromatic heterocycles. The summed E-state index contributed by atoms with van der Waals surface area (Å²) in [5.74, 6) is 0.881. The molecule has 4 aromatic rings. The zero-order valence-electron chi connectivity index (χ0n) is 16.4. The minimum absolute atomic E-state index is 0.881. The molecule has 148 valence electrons. The average Bonchev–Trinajstić information content (AvgIpc) is 2.81. The molecular formula is C25H20N2OS2. The van der Waals surface area contributed by atoms with Crippen molar-refractivity contribution in [2.45, 2.75) is 19.6 Å². The van der Waals surface area contributed by atoms with Crippen LogP contribution >= 0.6 is 23.5 Å². The van der Waals surface area contributed by atoms with E-state index in [0.717, 1.165) is 17.1 Å². The van der Waals surface area contributed by atoms with E-state index in [-0.39, 0.29) is 0 Å². The van der Waals surface area contributed by atoms with E-state index in [0.29, 0.717) is 0 Å². The number of anilines is 4. The van der Waals surface area contributed by atoms with Crippen molar-refractivity contribution in [3.8, 4) is 5.75 Å². The fourth-order valence-electron chi connectivity index (χ4n) is 3.33. The Morgan fingerprint density at radius 3 is 1.47 bits per heavy atom. The van der Waals surface area contributed by atoms with Crippen LogP contribution in [0.2, 0.25) is 0 Å². The van der Waals surface area contributed by atoms with Crippen LogP contribution in [-0.4, -0.2) is 7.11 Å². The summed E-state index contributed by atoms with van der Waals surface area (Å²) < 4.78 is 5.22. The van der Waals surface area contributed by atoms with Gasteiger partial charge >= 0.3 is 0 Å². The first-order valence-corrected chi connectivity index (χ1v) is 11.3. The largest absolute Gasteiger partial charge is 0.497 e. The smallest absolute Gasteiger partial charge is 0.121 e. The lowest BCUT2D eigenvalue weighted by Crippen LogP contribution is -1.99. The molecular weight excluding hydrogens is 408 g/mol. The van der Waals surface area contributed by atoms with E-state index in [1.807, 2.05) is 30.0 Å². The number of methoxy groups -OCH3 is 1. The second-order valence-electron chi connectivity index (χ2n) is 6.80. The molecule has 0 saturated heterocycles. The third kappa shape index (κ3) is 3.86. The highest BCUT2D eigenvalue weighted by Gasteiger charge is 2.15. The van der Waals surface area contributed by atoms with Gasteiger partial charge < -0.3 is 15.4 Å². The predicted octanol–water partition coefficient (Wildman–Crippen LogP) is 7.80. The van der Waals surface area contributed by atoms with Crippen molar-refractivity contribution < 1.29 is 4.74 Å². The molecule has 0 fully saturated rings. The van der Waals surface area contributed by atoms with Gasteiger partial charge in [-0.1, -0.05) is 59.9 Å². The summed E-state index contributed by atoms with van der Waals surface area (Å²) >= 11 is 3.60. The molecule has 4 aromatic carbocycles. The number of rotatable bonds is 1. The third-order valence-corrected chi connectivity index (χ3v) is 7.13. The molecule has 0 radical (unpaired) electrons. The first-order chi connectivity index (χ1) is 14.8. The molecule has 0 aliphatic carbocycles. The van der Waals surface area contributed by atoms with Gasteiger partial charge in [0, 0.05) is 25.6 Å². The molecule has 2 heterocycles. The van der Waals surface area contributed by atoms with Crippen molar-refractivity contribution in [2.75, 3.05) is 17.7 Å². The highest BCUT2D eigenvalue weighted by atomic mass is 32.2. The summed E-state index contributed by atoms with van der Waals surface area (Å²) in [6.45, 7) is 0. The Balaban J connectivity index is 0.000000130. The maximum Gasteiger partial charge on any atom is 0.121 e. The maximum absolute atomic E-state index is 5.22. The summed E-state index contributed by atoms with van der Waals surface area (Å²) in [5, 5.41) is 6.83. The van der Waals surface area contributed by atoms with Gasteiger partial charge in [-0.15, -0.1) is 0 Å². The molecule has 0 bridgehead atoms. The van der Waals surface area contributed by atoms with E-state index >= 15 is 0 Å². The summed E-state index contributed by atoms with van der Waals surface area (Å²) in [6, 6.07) is 31.2. The zero-order chi connectivity index (χ0) is 20.3. The number of para-hydroxylation sites is 3. The Kier molecular flexibility index (Phi) is 5.30. The lowest BCUT2D eigenvalue weighted by molar-refractivity contribution is 0.414. The summed E-state index contributed by atoms with van der Waals surface area (Å²) in [7, 11) is 1.69. The van der Waals surface area contributed by atoms with Crippen molar-refractivity contribution in [1.29, 1.82) is 0 Å². The van der Waals surface area contributed by atoms with Crippen molar-refractivity contribution in [3.63, 3.8) is 0 Å². The van der Waals surface area contributed by atoms with Gasteiger partial charge in [0.05, 0.1) is 29.9 Å². The number of nitrogens with one attached hydrogen (secondary N) is 2. The van der Waals surface area contributed by atoms with E-state index in [1.165, 1.54) is 31.0 Å². The molecule has 0 unspecified atom stereocenters. The van der Waals surface area contributed by atoms with Gasteiger partial charge in [-0.25, -0.2) is 0 Å². The van der Waals surface area contributed by atoms with Crippen LogP contribution in [-0.2, 0) is 0 Å². The Hall–Kier alpha value is -3.02. The Morgan fingerprint density at radius 2 is 0.967 bits per heavy atom. The van der Waals surface area contributed by atoms with Crippen molar-refractivity contribution in [1.82, 2.24) is 0 Å². The fourth-order valence-corrected chi connectivity index (χ4v) is 5.28. The molecule has 3 nitrogen and oxygen atoms in total. The van der Waals surface area contributed by atoms with Crippen LogP contribution in [0.4, 0.5) is 22.7 Å². The number of fused-ring (bicyclic) bond motifs is 4. The summed E-state index contributed by atoms with van der Waals surface area (Å²) in [4.78, 5) is 5.09. The minimum Gasteiger partial charge on any atom is -0.497 e. The predicted molar refractivity (Wildman–Crippen MR) is 127 cm³/mol. The van der Waals surface area contributed by atoms with Crippen molar-refractivity contribution in [3.05, 3.63) is 91.0 Å². The van der Waals surface area contributed by atoms with E-state index < -0.39 is 0 Å². The standard InChI is InChI=1S/C13H11NOS.C12H9NS/c1-15-9-6-7-13-11(8-9)14-10-4-2-3-5-12(10)16-13;1-3-7-11-9(5-1)13-10-6-2-4-8-12(10)14-11/h2-8,14H,1H3;1-8,13H. The van der Waals surface area contributed by atoms with Crippen LogP contribution in [0.1, 0.15) is 0 Å². The van der Waals surface area contributed by atoms with Crippen LogP contribution in [0.5, 0.6) is 5.75 Å². The molecule has 2 aliphatic rings. The monoisotopic (exact) mass is 428 g/mol. The second-order valence-corrected chi connectivity index (χ2v) is 8.97. The van der Waals surface area contributed by atoms with Gasteiger partial charge in [0.2, 0.25) is 0 Å². The molecule has 2 aliphatic heterocycles. The Morgan fingerprint density at radius 1 is 0.533 bits per heavy atom. The van der Waals surface area contributed by atoms with E-state index in [4.69, 9.17) is 4.74 Å². The van der Waals surface area contributed by atoms with Crippen LogP contribution in [0.15, 0.2) is 111 Å². The van der Waals surface area contributed by atoms with Gasteiger partial charge in [-0.3, -0.25) is 0 Å². The molecule has 2 N–H and O–H groups in total. The van der Waals surface area contributed by atoms with Crippen LogP contribution in [0, 0.1) is 0 Å². The lowest BCUT2D eigenvalue weighted by atomic mass is 10.2. The maximum atomic E-state index is 5.22. The Bertz CT molecular complexity index is 1120. The van der Waals surface area contributed by atoms with Crippen molar-refractivity contribution in [2.24, 2.45) is 0 Å². The Labute approximate surface area is 184 Å². The number of hydrogen-bond acceptors (Lipinski definition) is 5. The molecule has 30 heavy (non-hydrogen) atoms. The first-order valence-electron chi connectivity index (χ1n) is 9.65. The second kappa shape index (κ2) is 8.38. The molecule has 0 spiro atoms. The highest BCUT2D eigenvalue weighted by molar-refractivity contribution is 8.00. The van der Waals surface area contributed by atoms with Gasteiger partial charge in [-0.2, -0.15) is 0 Å². The molecule has 6 rings (SSSR count). The third-order valence-electron chi connectivity index (χ3n) is 4.83. The van der Waals surface area contributed by atoms with Gasteiger partial charge in [0.15, 0.2) is 0 Å². The quantitative estimate of drug-likeness (QED) is 0.279. The lowest BCUT2D eigenvalue weighted by Gasteiger charge is -2.20. The summed E-state index contributed by atoms with van der Waals surface area (Å²) in [6.07, 6.45) is 0.